The number of carboxylic acid groups (broad SMARTS) is 1. The number of nitrogens with zero attached hydrogens (tertiary/aromatic N) is 1. The normalized spacial score (nSPS) is 13.9. The lowest BCUT2D eigenvalue weighted by atomic mass is 10.1. The summed E-state index contributed by atoms with van der Waals surface area (Å²) >= 11 is 0. The van der Waals surface area contributed by atoms with Crippen molar-refractivity contribution in [3.05, 3.63) is 36.0 Å². The number of para-hydroxylation sites is 1. The number of carboxylic acids is 1. The summed E-state index contributed by atoms with van der Waals surface area (Å²) in [6.45, 7) is 5.72. The van der Waals surface area contributed by atoms with Gasteiger partial charge in [-0.3, -0.25) is 4.79 Å². The van der Waals surface area contributed by atoms with E-state index in [9.17, 15) is 14.7 Å². The van der Waals surface area contributed by atoms with E-state index in [4.69, 9.17) is 0 Å². The molecule has 0 radical (unpaired) electrons. The molecule has 2 N–H and O–H groups in total. The Morgan fingerprint density at radius 3 is 2.62 bits per heavy atom. The Kier molecular flexibility index (Phi) is 4.31. The van der Waals surface area contributed by atoms with Crippen molar-refractivity contribution in [2.45, 2.75) is 39.3 Å². The summed E-state index contributed by atoms with van der Waals surface area (Å²) < 4.78 is 1.72. The molecule has 2 unspecified atom stereocenters. The summed E-state index contributed by atoms with van der Waals surface area (Å²) in [6, 6.07) is 6.57. The molecular weight excluding hydrogens is 268 g/mol. The van der Waals surface area contributed by atoms with Crippen molar-refractivity contribution in [2.75, 3.05) is 0 Å². The minimum atomic E-state index is -0.991. The van der Waals surface area contributed by atoms with Gasteiger partial charge < -0.3 is 15.0 Å². The van der Waals surface area contributed by atoms with E-state index < -0.39 is 12.0 Å². The number of carbonyl (C=O) groups excluding carboxylic acids is 1. The third-order valence-corrected chi connectivity index (χ3v) is 3.77. The van der Waals surface area contributed by atoms with Crippen molar-refractivity contribution in [2.24, 2.45) is 0 Å². The maximum Gasteiger partial charge on any atom is 0.337 e. The molecule has 21 heavy (non-hydrogen) atoms. The van der Waals surface area contributed by atoms with Crippen LogP contribution in [0.2, 0.25) is 0 Å². The second-order valence-corrected chi connectivity index (χ2v) is 5.27. The summed E-state index contributed by atoms with van der Waals surface area (Å²) in [5, 5.41) is 13.1. The van der Waals surface area contributed by atoms with Gasteiger partial charge in [-0.25, -0.2) is 4.79 Å². The van der Waals surface area contributed by atoms with Crippen molar-refractivity contribution in [3.63, 3.8) is 0 Å². The largest absolute Gasteiger partial charge is 0.478 e. The first-order valence-electron chi connectivity index (χ1n) is 7.09. The van der Waals surface area contributed by atoms with E-state index in [1.165, 1.54) is 0 Å². The number of benzene rings is 1. The van der Waals surface area contributed by atoms with Crippen molar-refractivity contribution < 1.29 is 14.7 Å². The Balaban J connectivity index is 2.42. The van der Waals surface area contributed by atoms with E-state index >= 15 is 0 Å². The van der Waals surface area contributed by atoms with Crippen LogP contribution in [0, 0.1) is 0 Å². The van der Waals surface area contributed by atoms with Crippen LogP contribution in [0.1, 0.15) is 43.6 Å². The summed E-state index contributed by atoms with van der Waals surface area (Å²) in [5.41, 5.74) is 0.789. The Hall–Kier alpha value is -2.30. The van der Waals surface area contributed by atoms with Gasteiger partial charge in [-0.2, -0.15) is 0 Å². The molecule has 2 rings (SSSR count). The van der Waals surface area contributed by atoms with Gasteiger partial charge in [0.15, 0.2) is 0 Å². The highest BCUT2D eigenvalue weighted by molar-refractivity contribution is 6.03. The van der Waals surface area contributed by atoms with Crippen LogP contribution in [0.15, 0.2) is 30.5 Å². The SMILES string of the molecule is CCC(C)NC(=O)C(C)n1ccc2cccc(C(=O)O)c21. The van der Waals surface area contributed by atoms with Crippen molar-refractivity contribution in [1.82, 2.24) is 9.88 Å². The molecule has 0 spiro atoms. The quantitative estimate of drug-likeness (QED) is 0.888. The molecule has 1 amide bonds. The number of aromatic nitrogens is 1. The van der Waals surface area contributed by atoms with Crippen molar-refractivity contribution in [3.8, 4) is 0 Å². The van der Waals surface area contributed by atoms with Crippen LogP contribution >= 0.6 is 0 Å². The Bertz CT molecular complexity index is 675. The summed E-state index contributed by atoms with van der Waals surface area (Å²) in [4.78, 5) is 23.6. The first kappa shape index (κ1) is 15.1. The van der Waals surface area contributed by atoms with Crippen LogP contribution in [0.25, 0.3) is 10.9 Å². The summed E-state index contributed by atoms with van der Waals surface area (Å²) in [5.74, 6) is -1.10. The number of nitrogens with one attached hydrogen (secondary N) is 1. The van der Waals surface area contributed by atoms with E-state index in [1.807, 2.05) is 26.0 Å². The van der Waals surface area contributed by atoms with Crippen LogP contribution in [0.3, 0.4) is 0 Å². The second kappa shape index (κ2) is 5.99. The molecule has 0 aliphatic heterocycles. The molecule has 2 atom stereocenters. The fourth-order valence-electron chi connectivity index (χ4n) is 2.31. The van der Waals surface area contributed by atoms with Crippen molar-refractivity contribution >= 4 is 22.8 Å². The van der Waals surface area contributed by atoms with Gasteiger partial charge in [0.1, 0.15) is 6.04 Å². The zero-order valence-corrected chi connectivity index (χ0v) is 12.5. The first-order valence-corrected chi connectivity index (χ1v) is 7.09. The maximum absolute atomic E-state index is 12.3. The van der Waals surface area contributed by atoms with Gasteiger partial charge in [0.05, 0.1) is 11.1 Å². The van der Waals surface area contributed by atoms with Crippen molar-refractivity contribution in [1.29, 1.82) is 0 Å². The minimum absolute atomic E-state index is 0.0979. The lowest BCUT2D eigenvalue weighted by Gasteiger charge is -2.19. The molecule has 0 bridgehead atoms. The number of hydrogen-bond donors (Lipinski definition) is 2. The Labute approximate surface area is 123 Å². The van der Waals surface area contributed by atoms with Gasteiger partial charge in [0.25, 0.3) is 0 Å². The van der Waals surface area contributed by atoms with Crippen LogP contribution < -0.4 is 5.32 Å². The number of aromatic carboxylic acids is 1. The fourth-order valence-corrected chi connectivity index (χ4v) is 2.31. The highest BCUT2D eigenvalue weighted by Crippen LogP contribution is 2.24. The molecule has 112 valence electrons. The highest BCUT2D eigenvalue weighted by Gasteiger charge is 2.20. The molecule has 2 aromatic rings. The Morgan fingerprint density at radius 2 is 2.00 bits per heavy atom. The van der Waals surface area contributed by atoms with E-state index in [0.29, 0.717) is 5.52 Å². The van der Waals surface area contributed by atoms with Crippen LogP contribution in [-0.2, 0) is 4.79 Å². The lowest BCUT2D eigenvalue weighted by Crippen LogP contribution is -2.36. The second-order valence-electron chi connectivity index (χ2n) is 5.27. The predicted octanol–water partition coefficient (Wildman–Crippen LogP) is 2.82. The van der Waals surface area contributed by atoms with Gasteiger partial charge in [-0.1, -0.05) is 19.1 Å². The third-order valence-electron chi connectivity index (χ3n) is 3.77. The molecule has 0 saturated heterocycles. The first-order chi connectivity index (χ1) is 9.95. The Morgan fingerprint density at radius 1 is 1.29 bits per heavy atom. The minimum Gasteiger partial charge on any atom is -0.478 e. The number of amides is 1. The van der Waals surface area contributed by atoms with Gasteiger partial charge in [-0.05, 0) is 32.4 Å². The fraction of sp³-hybridized carbons (Fsp3) is 0.375. The number of carbonyl (C=O) groups is 2. The van der Waals surface area contributed by atoms with Gasteiger partial charge in [0.2, 0.25) is 5.91 Å². The molecule has 0 fully saturated rings. The monoisotopic (exact) mass is 288 g/mol. The standard InChI is InChI=1S/C16H20N2O3/c1-4-10(2)17-15(19)11(3)18-9-8-12-6-5-7-13(14(12)18)16(20)21/h5-11H,4H2,1-3H3,(H,17,19)(H,20,21). The smallest absolute Gasteiger partial charge is 0.337 e. The molecule has 1 aromatic carbocycles. The zero-order valence-electron chi connectivity index (χ0n) is 12.5. The molecule has 1 heterocycles. The number of rotatable bonds is 5. The number of fused-ring (bicyclic) bond motifs is 1. The average molecular weight is 288 g/mol. The average Bonchev–Trinajstić information content (AvgIpc) is 2.89. The van der Waals surface area contributed by atoms with Gasteiger partial charge in [-0.15, -0.1) is 0 Å². The van der Waals surface area contributed by atoms with E-state index in [0.717, 1.165) is 11.8 Å². The van der Waals surface area contributed by atoms with Gasteiger partial charge >= 0.3 is 5.97 Å². The molecular formula is C16H20N2O3. The van der Waals surface area contributed by atoms with E-state index in [2.05, 4.69) is 5.32 Å². The molecule has 5 heteroatoms. The van der Waals surface area contributed by atoms with Crippen LogP contribution in [0.5, 0.6) is 0 Å². The topological polar surface area (TPSA) is 71.3 Å². The summed E-state index contributed by atoms with van der Waals surface area (Å²) in [7, 11) is 0. The highest BCUT2D eigenvalue weighted by atomic mass is 16.4. The lowest BCUT2D eigenvalue weighted by molar-refractivity contribution is -0.124. The zero-order chi connectivity index (χ0) is 15.6. The molecule has 0 saturated carbocycles. The maximum atomic E-state index is 12.3. The van der Waals surface area contributed by atoms with E-state index in [1.54, 1.807) is 29.8 Å². The van der Waals surface area contributed by atoms with Gasteiger partial charge in [0, 0.05) is 17.6 Å². The summed E-state index contributed by atoms with van der Waals surface area (Å²) in [6.07, 6.45) is 2.61. The molecule has 5 nitrogen and oxygen atoms in total. The molecule has 0 aliphatic rings. The van der Waals surface area contributed by atoms with Crippen LogP contribution in [-0.4, -0.2) is 27.6 Å². The van der Waals surface area contributed by atoms with Crippen LogP contribution in [0.4, 0.5) is 0 Å². The van der Waals surface area contributed by atoms with E-state index in [-0.39, 0.29) is 17.5 Å². The predicted molar refractivity (Wildman–Crippen MR) is 81.5 cm³/mol. The molecule has 0 aliphatic carbocycles. The number of hydrogen-bond acceptors (Lipinski definition) is 2. The molecule has 1 aromatic heterocycles. The third kappa shape index (κ3) is 2.91.